The van der Waals surface area contributed by atoms with Gasteiger partial charge in [-0.1, -0.05) is 69.5 Å². The van der Waals surface area contributed by atoms with Crippen molar-refractivity contribution in [1.82, 2.24) is 0 Å². The highest BCUT2D eigenvalue weighted by Crippen LogP contribution is 2.34. The number of phenols is 1. The number of allylic oxidation sites excluding steroid dienone is 2. The van der Waals surface area contributed by atoms with Crippen LogP contribution in [0.1, 0.15) is 57.9 Å². The summed E-state index contributed by atoms with van der Waals surface area (Å²) in [6, 6.07) is 12.1. The fourth-order valence-electron chi connectivity index (χ4n) is 2.78. The molecule has 1 nitrogen and oxygen atoms in total. The number of phenolic OH excluding ortho intramolecular Hbond substituents is 1. The lowest BCUT2D eigenvalue weighted by Crippen LogP contribution is -1.89. The van der Waals surface area contributed by atoms with Crippen LogP contribution in [-0.2, 0) is 0 Å². The van der Waals surface area contributed by atoms with E-state index in [0.717, 1.165) is 23.6 Å². The molecule has 21 heavy (non-hydrogen) atoms. The van der Waals surface area contributed by atoms with Gasteiger partial charge >= 0.3 is 0 Å². The molecule has 0 aliphatic carbocycles. The number of aromatic hydroxyl groups is 1. The zero-order chi connectivity index (χ0) is 15.1. The summed E-state index contributed by atoms with van der Waals surface area (Å²) in [5.41, 5.74) is 2.59. The molecule has 2 rings (SSSR count). The highest BCUT2D eigenvalue weighted by Gasteiger charge is 2.09. The van der Waals surface area contributed by atoms with Crippen molar-refractivity contribution >= 4 is 16.3 Å². The molecular weight excluding hydrogens is 256 g/mol. The molecule has 0 fully saturated rings. The van der Waals surface area contributed by atoms with Crippen LogP contribution in [-0.4, -0.2) is 5.11 Å². The van der Waals surface area contributed by atoms with Crippen LogP contribution in [0.5, 0.6) is 5.75 Å². The van der Waals surface area contributed by atoms with Gasteiger partial charge in [0.1, 0.15) is 5.75 Å². The van der Waals surface area contributed by atoms with Gasteiger partial charge in [-0.3, -0.25) is 0 Å². The van der Waals surface area contributed by atoms with Crippen LogP contribution in [0.4, 0.5) is 0 Å². The van der Waals surface area contributed by atoms with E-state index in [2.05, 4.69) is 44.2 Å². The van der Waals surface area contributed by atoms with Crippen molar-refractivity contribution in [3.05, 3.63) is 48.0 Å². The first-order valence-corrected chi connectivity index (χ1v) is 8.18. The van der Waals surface area contributed by atoms with Crippen molar-refractivity contribution in [3.8, 4) is 5.75 Å². The number of fused-ring (bicyclic) bond motifs is 1. The quantitative estimate of drug-likeness (QED) is 0.590. The summed E-state index contributed by atoms with van der Waals surface area (Å²) in [5, 5.41) is 12.4. The number of rotatable bonds is 7. The van der Waals surface area contributed by atoms with Gasteiger partial charge in [0.2, 0.25) is 0 Å². The Morgan fingerprint density at radius 1 is 1.00 bits per heavy atom. The summed E-state index contributed by atoms with van der Waals surface area (Å²) in [4.78, 5) is 0. The summed E-state index contributed by atoms with van der Waals surface area (Å²) < 4.78 is 0. The molecular formula is C20H26O. The lowest BCUT2D eigenvalue weighted by atomic mass is 9.93. The van der Waals surface area contributed by atoms with E-state index in [9.17, 15) is 5.11 Å². The third-order valence-corrected chi connectivity index (χ3v) is 3.98. The number of hydrogen-bond donors (Lipinski definition) is 1. The lowest BCUT2D eigenvalue weighted by molar-refractivity contribution is 0.481. The Balaban J connectivity index is 2.46. The fourth-order valence-corrected chi connectivity index (χ4v) is 2.78. The van der Waals surface area contributed by atoms with E-state index in [0.29, 0.717) is 5.75 Å². The molecule has 0 aliphatic heterocycles. The highest BCUT2D eigenvalue weighted by molar-refractivity contribution is 5.97. The van der Waals surface area contributed by atoms with Crippen molar-refractivity contribution in [2.45, 2.75) is 52.4 Å². The monoisotopic (exact) mass is 282 g/mol. The summed E-state index contributed by atoms with van der Waals surface area (Å²) >= 11 is 0. The Morgan fingerprint density at radius 2 is 1.71 bits per heavy atom. The van der Waals surface area contributed by atoms with Crippen LogP contribution in [0.2, 0.25) is 0 Å². The zero-order valence-electron chi connectivity index (χ0n) is 13.2. The molecule has 0 radical (unpaired) electrons. The largest absolute Gasteiger partial charge is 0.507 e. The van der Waals surface area contributed by atoms with Crippen molar-refractivity contribution in [2.75, 3.05) is 0 Å². The second kappa shape index (κ2) is 7.87. The van der Waals surface area contributed by atoms with E-state index in [1.807, 2.05) is 6.07 Å². The average molecular weight is 282 g/mol. The van der Waals surface area contributed by atoms with Crippen LogP contribution in [0.15, 0.2) is 42.5 Å². The van der Waals surface area contributed by atoms with Gasteiger partial charge in [0.15, 0.2) is 0 Å². The topological polar surface area (TPSA) is 20.2 Å². The van der Waals surface area contributed by atoms with Crippen LogP contribution < -0.4 is 0 Å². The minimum Gasteiger partial charge on any atom is -0.507 e. The van der Waals surface area contributed by atoms with Crippen molar-refractivity contribution in [2.24, 2.45) is 0 Å². The summed E-state index contributed by atoms with van der Waals surface area (Å²) in [5.74, 6) is 0.390. The molecule has 0 aromatic heterocycles. The Labute approximate surface area is 128 Å². The Hall–Kier alpha value is -1.76. The van der Waals surface area contributed by atoms with Gasteiger partial charge in [-0.05, 0) is 41.9 Å². The lowest BCUT2D eigenvalue weighted by Gasteiger charge is -2.12. The third-order valence-electron chi connectivity index (χ3n) is 3.98. The third kappa shape index (κ3) is 3.87. The van der Waals surface area contributed by atoms with Crippen LogP contribution in [0.25, 0.3) is 16.3 Å². The van der Waals surface area contributed by atoms with E-state index in [-0.39, 0.29) is 0 Å². The molecule has 2 aromatic carbocycles. The molecule has 112 valence electrons. The smallest absolute Gasteiger partial charge is 0.124 e. The highest BCUT2D eigenvalue weighted by atomic mass is 16.3. The second-order valence-electron chi connectivity index (χ2n) is 5.66. The Bertz CT molecular complexity index is 605. The SMILES string of the molecule is CCCC/C=C(\CCCC)c1cccc2cccc(O)c12. The van der Waals surface area contributed by atoms with Gasteiger partial charge in [-0.15, -0.1) is 0 Å². The van der Waals surface area contributed by atoms with Crippen LogP contribution in [0.3, 0.4) is 0 Å². The molecule has 1 heteroatoms. The van der Waals surface area contributed by atoms with E-state index in [1.54, 1.807) is 6.07 Å². The van der Waals surface area contributed by atoms with Crippen molar-refractivity contribution in [1.29, 1.82) is 0 Å². The molecule has 2 aromatic rings. The molecule has 0 spiro atoms. The van der Waals surface area contributed by atoms with E-state index in [4.69, 9.17) is 0 Å². The maximum Gasteiger partial charge on any atom is 0.124 e. The zero-order valence-corrected chi connectivity index (χ0v) is 13.2. The molecule has 0 unspecified atom stereocenters. The second-order valence-corrected chi connectivity index (χ2v) is 5.66. The van der Waals surface area contributed by atoms with E-state index in [1.165, 1.54) is 36.8 Å². The molecule has 0 heterocycles. The minimum absolute atomic E-state index is 0.390. The number of hydrogen-bond acceptors (Lipinski definition) is 1. The van der Waals surface area contributed by atoms with Gasteiger partial charge in [0.25, 0.3) is 0 Å². The van der Waals surface area contributed by atoms with E-state index < -0.39 is 0 Å². The standard InChI is InChI=1S/C20H26O/c1-3-5-7-11-16(10-6-4-2)18-14-8-12-17-13-9-15-19(21)20(17)18/h8-9,11-15,21H,3-7,10H2,1-2H3/b16-11+. The normalized spacial score (nSPS) is 12.0. The predicted molar refractivity (Wildman–Crippen MR) is 92.6 cm³/mol. The number of benzene rings is 2. The Kier molecular flexibility index (Phi) is 5.86. The molecule has 0 aliphatic rings. The van der Waals surface area contributed by atoms with E-state index >= 15 is 0 Å². The van der Waals surface area contributed by atoms with Gasteiger partial charge < -0.3 is 5.11 Å². The fraction of sp³-hybridized carbons (Fsp3) is 0.400. The van der Waals surface area contributed by atoms with Gasteiger partial charge in [0, 0.05) is 5.39 Å². The summed E-state index contributed by atoms with van der Waals surface area (Å²) in [6.07, 6.45) is 9.43. The molecule has 0 saturated carbocycles. The van der Waals surface area contributed by atoms with Gasteiger partial charge in [0.05, 0.1) is 0 Å². The van der Waals surface area contributed by atoms with Crippen molar-refractivity contribution in [3.63, 3.8) is 0 Å². The maximum absolute atomic E-state index is 10.3. The molecule has 0 amide bonds. The minimum atomic E-state index is 0.390. The van der Waals surface area contributed by atoms with Gasteiger partial charge in [-0.2, -0.15) is 0 Å². The summed E-state index contributed by atoms with van der Waals surface area (Å²) in [7, 11) is 0. The molecule has 0 atom stereocenters. The van der Waals surface area contributed by atoms with Crippen LogP contribution in [0, 0.1) is 0 Å². The summed E-state index contributed by atoms with van der Waals surface area (Å²) in [6.45, 7) is 4.45. The average Bonchev–Trinajstić information content (AvgIpc) is 2.50. The first kappa shape index (κ1) is 15.6. The predicted octanol–water partition coefficient (Wildman–Crippen LogP) is 6.31. The molecule has 0 bridgehead atoms. The number of unbranched alkanes of at least 4 members (excludes halogenated alkanes) is 3. The first-order chi connectivity index (χ1) is 10.3. The molecule has 0 saturated heterocycles. The maximum atomic E-state index is 10.3. The first-order valence-electron chi connectivity index (χ1n) is 8.18. The van der Waals surface area contributed by atoms with Gasteiger partial charge in [-0.25, -0.2) is 0 Å². The Morgan fingerprint density at radius 3 is 2.43 bits per heavy atom. The van der Waals surface area contributed by atoms with Crippen molar-refractivity contribution < 1.29 is 5.11 Å². The van der Waals surface area contributed by atoms with Crippen LogP contribution >= 0.6 is 0 Å². The molecule has 1 N–H and O–H groups in total.